The average molecular weight is 141 g/mol. The number of allylic oxidation sites excluding steroid dienone is 1. The second-order valence-corrected chi connectivity index (χ2v) is 1.35. The van der Waals surface area contributed by atoms with E-state index in [9.17, 15) is 4.79 Å². The van der Waals surface area contributed by atoms with Crippen molar-refractivity contribution in [2.75, 3.05) is 7.11 Å². The van der Waals surface area contributed by atoms with Gasteiger partial charge in [0.1, 0.15) is 11.6 Å². The smallest absolute Gasteiger partial charge is 0.292 e. The topological polar surface area (TPSA) is 59.3 Å². The molecule has 0 amide bonds. The molecule has 4 nitrogen and oxygen atoms in total. The normalized spacial score (nSPS) is 10.3. The number of carbonyl (C=O) groups is 1. The molecule has 0 radical (unpaired) electrons. The van der Waals surface area contributed by atoms with E-state index in [2.05, 4.69) is 9.78 Å². The van der Waals surface area contributed by atoms with Crippen molar-refractivity contribution >= 4 is 5.97 Å². The van der Waals surface area contributed by atoms with E-state index in [1.54, 1.807) is 13.0 Å². The molecule has 0 fully saturated rings. The molecule has 0 unspecified atom stereocenters. The van der Waals surface area contributed by atoms with Crippen LogP contribution in [-0.2, 0) is 14.6 Å². The second kappa shape index (κ2) is 4.53. The zero-order chi connectivity index (χ0) is 7.98. The molecule has 0 aliphatic carbocycles. The Hall–Kier alpha value is -1.34. The molecule has 0 N–H and O–H groups in total. The number of carbonyl (C=O) groups excluding carboxylic acids is 1. The summed E-state index contributed by atoms with van der Waals surface area (Å²) >= 11 is 0. The van der Waals surface area contributed by atoms with Crippen LogP contribution in [0.2, 0.25) is 0 Å². The van der Waals surface area contributed by atoms with E-state index < -0.39 is 5.97 Å². The molecular weight excluding hydrogens is 134 g/mol. The molecule has 0 saturated carbocycles. The van der Waals surface area contributed by atoms with Crippen molar-refractivity contribution in [1.82, 2.24) is 0 Å². The van der Waals surface area contributed by atoms with Gasteiger partial charge in [-0.2, -0.15) is 10.1 Å². The minimum absolute atomic E-state index is 0.0677. The van der Waals surface area contributed by atoms with Crippen molar-refractivity contribution < 1.29 is 14.6 Å². The van der Waals surface area contributed by atoms with Gasteiger partial charge in [0.15, 0.2) is 0 Å². The number of nitrogens with zero attached hydrogens (tertiary/aromatic N) is 1. The fraction of sp³-hybridized carbons (Fsp3) is 0.333. The predicted molar refractivity (Wildman–Crippen MR) is 32.5 cm³/mol. The maximum atomic E-state index is 10.6. The van der Waals surface area contributed by atoms with Gasteiger partial charge in [-0.15, -0.1) is 0 Å². The van der Waals surface area contributed by atoms with Crippen LogP contribution in [0, 0.1) is 11.3 Å². The van der Waals surface area contributed by atoms with E-state index in [1.165, 1.54) is 13.2 Å². The SMILES string of the molecule is CC=C(C#N)C(=O)OOC. The summed E-state index contributed by atoms with van der Waals surface area (Å²) in [6.07, 6.45) is 1.35. The highest BCUT2D eigenvalue weighted by Gasteiger charge is 2.08. The highest BCUT2D eigenvalue weighted by Crippen LogP contribution is 1.94. The first-order chi connectivity index (χ1) is 4.76. The molecule has 0 aliphatic rings. The molecule has 0 aromatic rings. The summed E-state index contributed by atoms with van der Waals surface area (Å²) in [4.78, 5) is 18.7. The third kappa shape index (κ3) is 2.29. The number of nitriles is 1. The van der Waals surface area contributed by atoms with Crippen molar-refractivity contribution in [3.8, 4) is 6.07 Å². The van der Waals surface area contributed by atoms with E-state index in [4.69, 9.17) is 5.26 Å². The average Bonchev–Trinajstić information content (AvgIpc) is 1.91. The van der Waals surface area contributed by atoms with E-state index in [-0.39, 0.29) is 5.57 Å². The molecule has 0 rings (SSSR count). The van der Waals surface area contributed by atoms with Crippen LogP contribution in [0.3, 0.4) is 0 Å². The molecule has 0 saturated heterocycles. The largest absolute Gasteiger partial charge is 0.383 e. The Bertz CT molecular complexity index is 190. The molecule has 0 aromatic carbocycles. The van der Waals surface area contributed by atoms with Gasteiger partial charge >= 0.3 is 5.97 Å². The molecule has 0 aliphatic heterocycles. The quantitative estimate of drug-likeness (QED) is 0.244. The van der Waals surface area contributed by atoms with Crippen molar-refractivity contribution in [1.29, 1.82) is 5.26 Å². The molecule has 0 aromatic heterocycles. The summed E-state index contributed by atoms with van der Waals surface area (Å²) in [7, 11) is 1.20. The van der Waals surface area contributed by atoms with Gasteiger partial charge in [0.25, 0.3) is 0 Å². The summed E-state index contributed by atoms with van der Waals surface area (Å²) in [5.41, 5.74) is -0.0677. The first-order valence-electron chi connectivity index (χ1n) is 2.57. The minimum atomic E-state index is -0.771. The maximum absolute atomic E-state index is 10.6. The molecule has 0 heterocycles. The molecule has 54 valence electrons. The second-order valence-electron chi connectivity index (χ2n) is 1.35. The first-order valence-corrected chi connectivity index (χ1v) is 2.57. The summed E-state index contributed by atoms with van der Waals surface area (Å²) in [6.45, 7) is 1.56. The van der Waals surface area contributed by atoms with Crippen molar-refractivity contribution in [2.24, 2.45) is 0 Å². The lowest BCUT2D eigenvalue weighted by Crippen LogP contribution is -2.04. The fourth-order valence-electron chi connectivity index (χ4n) is 0.349. The maximum Gasteiger partial charge on any atom is 0.383 e. The molecule has 10 heavy (non-hydrogen) atoms. The van der Waals surface area contributed by atoms with Gasteiger partial charge < -0.3 is 0 Å². The summed E-state index contributed by atoms with van der Waals surface area (Å²) in [5, 5.41) is 8.25. The molecule has 0 bridgehead atoms. The number of hydrogen-bond donors (Lipinski definition) is 0. The molecular formula is C6H7NO3. The summed E-state index contributed by atoms with van der Waals surface area (Å²) < 4.78 is 0. The molecule has 0 atom stereocenters. The van der Waals surface area contributed by atoms with E-state index >= 15 is 0 Å². The van der Waals surface area contributed by atoms with Crippen molar-refractivity contribution in [3.05, 3.63) is 11.6 Å². The highest BCUT2D eigenvalue weighted by molar-refractivity contribution is 5.92. The van der Waals surface area contributed by atoms with Crippen LogP contribution >= 0.6 is 0 Å². The third-order valence-electron chi connectivity index (χ3n) is 0.788. The van der Waals surface area contributed by atoms with Crippen LogP contribution in [0.25, 0.3) is 0 Å². The van der Waals surface area contributed by atoms with Gasteiger partial charge in [-0.1, -0.05) is 6.08 Å². The van der Waals surface area contributed by atoms with Crippen LogP contribution in [0.15, 0.2) is 11.6 Å². The van der Waals surface area contributed by atoms with E-state index in [0.29, 0.717) is 0 Å². The van der Waals surface area contributed by atoms with Crippen molar-refractivity contribution in [3.63, 3.8) is 0 Å². The summed E-state index contributed by atoms with van der Waals surface area (Å²) in [6, 6.07) is 1.64. The number of rotatable bonds is 2. The van der Waals surface area contributed by atoms with Gasteiger partial charge in [0.05, 0.1) is 7.11 Å². The zero-order valence-corrected chi connectivity index (χ0v) is 5.75. The van der Waals surface area contributed by atoms with Crippen molar-refractivity contribution in [2.45, 2.75) is 6.92 Å². The van der Waals surface area contributed by atoms with Crippen LogP contribution in [0.1, 0.15) is 6.92 Å². The Kier molecular flexibility index (Phi) is 3.92. The predicted octanol–water partition coefficient (Wildman–Crippen LogP) is 0.561. The fourth-order valence-corrected chi connectivity index (χ4v) is 0.349. The standard InChI is InChI=1S/C6H7NO3/c1-3-5(4-7)6(8)10-9-2/h3H,1-2H3. The van der Waals surface area contributed by atoms with Gasteiger partial charge in [0, 0.05) is 0 Å². The third-order valence-corrected chi connectivity index (χ3v) is 0.788. The highest BCUT2D eigenvalue weighted by atomic mass is 17.2. The Morgan fingerprint density at radius 1 is 1.70 bits per heavy atom. The summed E-state index contributed by atoms with van der Waals surface area (Å²) in [5.74, 6) is -0.771. The minimum Gasteiger partial charge on any atom is -0.292 e. The number of hydrogen-bond acceptors (Lipinski definition) is 4. The lowest BCUT2D eigenvalue weighted by molar-refractivity contribution is -0.250. The van der Waals surface area contributed by atoms with Crippen LogP contribution < -0.4 is 0 Å². The monoisotopic (exact) mass is 141 g/mol. The zero-order valence-electron chi connectivity index (χ0n) is 5.75. The van der Waals surface area contributed by atoms with Crippen LogP contribution in [0.4, 0.5) is 0 Å². The Labute approximate surface area is 58.6 Å². The Morgan fingerprint density at radius 2 is 2.30 bits per heavy atom. The van der Waals surface area contributed by atoms with E-state index in [1.807, 2.05) is 0 Å². The van der Waals surface area contributed by atoms with E-state index in [0.717, 1.165) is 0 Å². The lowest BCUT2D eigenvalue weighted by atomic mass is 10.3. The molecule has 0 spiro atoms. The van der Waals surface area contributed by atoms with Gasteiger partial charge in [0.2, 0.25) is 0 Å². The van der Waals surface area contributed by atoms with Gasteiger partial charge in [-0.25, -0.2) is 4.79 Å². The van der Waals surface area contributed by atoms with Crippen LogP contribution in [-0.4, -0.2) is 13.1 Å². The van der Waals surface area contributed by atoms with Gasteiger partial charge in [-0.3, -0.25) is 4.89 Å². The van der Waals surface area contributed by atoms with Crippen LogP contribution in [0.5, 0.6) is 0 Å². The Balaban J connectivity index is 4.08. The molecule has 4 heteroatoms. The lowest BCUT2D eigenvalue weighted by Gasteiger charge is -1.94. The van der Waals surface area contributed by atoms with Gasteiger partial charge in [-0.05, 0) is 6.92 Å². The first kappa shape index (κ1) is 8.66. The Morgan fingerprint density at radius 3 is 2.60 bits per heavy atom.